The van der Waals surface area contributed by atoms with Gasteiger partial charge in [0.2, 0.25) is 5.91 Å². The van der Waals surface area contributed by atoms with Gasteiger partial charge >= 0.3 is 6.03 Å². The lowest BCUT2D eigenvalue weighted by Crippen LogP contribution is -2.45. The van der Waals surface area contributed by atoms with Crippen molar-refractivity contribution < 1.29 is 9.59 Å². The zero-order chi connectivity index (χ0) is 18.6. The number of urea groups is 1. The molecule has 0 atom stereocenters. The van der Waals surface area contributed by atoms with Crippen LogP contribution in [0.3, 0.4) is 0 Å². The highest BCUT2D eigenvalue weighted by Gasteiger charge is 2.38. The van der Waals surface area contributed by atoms with E-state index in [0.29, 0.717) is 6.42 Å². The van der Waals surface area contributed by atoms with Gasteiger partial charge in [-0.3, -0.25) is 4.79 Å². The predicted octanol–water partition coefficient (Wildman–Crippen LogP) is 4.06. The molecule has 0 saturated carbocycles. The van der Waals surface area contributed by atoms with E-state index in [1.807, 2.05) is 41.1 Å². The number of benzene rings is 1. The van der Waals surface area contributed by atoms with Crippen LogP contribution in [0, 0.1) is 5.41 Å². The van der Waals surface area contributed by atoms with Crippen LogP contribution in [0.15, 0.2) is 29.2 Å². The van der Waals surface area contributed by atoms with E-state index in [2.05, 4.69) is 12.2 Å². The molecule has 1 spiro atoms. The summed E-state index contributed by atoms with van der Waals surface area (Å²) in [5.74, 6) is 1.30. The molecule has 142 valence electrons. The minimum Gasteiger partial charge on any atom is -0.346 e. The number of likely N-dealkylation sites (tertiary alicyclic amines) is 2. The zero-order valence-corrected chi connectivity index (χ0v) is 16.6. The number of carbonyl (C=O) groups excluding carboxylic acids is 2. The summed E-state index contributed by atoms with van der Waals surface area (Å²) >= 11 is 1.79. The Hall–Kier alpha value is -1.69. The number of amides is 3. The first-order valence-corrected chi connectivity index (χ1v) is 10.5. The summed E-state index contributed by atoms with van der Waals surface area (Å²) in [4.78, 5) is 29.5. The summed E-state index contributed by atoms with van der Waals surface area (Å²) in [5, 5.41) is 3.01. The molecule has 3 amide bonds. The first kappa shape index (κ1) is 19.1. The van der Waals surface area contributed by atoms with Crippen molar-refractivity contribution >= 4 is 29.4 Å². The summed E-state index contributed by atoms with van der Waals surface area (Å²) in [6, 6.07) is 8.02. The summed E-state index contributed by atoms with van der Waals surface area (Å²) in [5.41, 5.74) is 1.08. The maximum absolute atomic E-state index is 12.6. The average Bonchev–Trinajstić information content (AvgIpc) is 2.79. The van der Waals surface area contributed by atoms with Crippen molar-refractivity contribution in [3.8, 4) is 0 Å². The van der Waals surface area contributed by atoms with Crippen LogP contribution < -0.4 is 5.32 Å². The highest BCUT2D eigenvalue weighted by Crippen LogP contribution is 2.41. The van der Waals surface area contributed by atoms with E-state index >= 15 is 0 Å². The van der Waals surface area contributed by atoms with Crippen molar-refractivity contribution in [2.24, 2.45) is 5.41 Å². The molecule has 0 aliphatic carbocycles. The molecule has 0 unspecified atom stereocenters. The van der Waals surface area contributed by atoms with Crippen LogP contribution in [0.25, 0.3) is 0 Å². The van der Waals surface area contributed by atoms with E-state index in [9.17, 15) is 9.59 Å². The van der Waals surface area contributed by atoms with Gasteiger partial charge in [0.25, 0.3) is 0 Å². The molecule has 26 heavy (non-hydrogen) atoms. The van der Waals surface area contributed by atoms with E-state index < -0.39 is 0 Å². The molecule has 0 bridgehead atoms. The standard InChI is InChI=1S/C20H29N3O2S/c1-3-26-17-6-4-16(5-7-17)21-19(25)23-14-11-20(12-15-23)9-8-18(24)22(2)13-10-20/h4-7H,3,8-15H2,1-2H3,(H,21,25). The SMILES string of the molecule is CCSc1ccc(NC(=O)N2CCC3(CCC(=O)N(C)CC3)CC2)cc1. The van der Waals surface area contributed by atoms with Crippen molar-refractivity contribution in [1.82, 2.24) is 9.80 Å². The first-order chi connectivity index (χ1) is 12.5. The van der Waals surface area contributed by atoms with Crippen molar-refractivity contribution in [2.45, 2.75) is 43.9 Å². The maximum Gasteiger partial charge on any atom is 0.321 e. The molecule has 2 heterocycles. The average molecular weight is 376 g/mol. The molecular weight excluding hydrogens is 346 g/mol. The number of anilines is 1. The molecule has 5 nitrogen and oxygen atoms in total. The quantitative estimate of drug-likeness (QED) is 0.811. The lowest BCUT2D eigenvalue weighted by Gasteiger charge is -2.41. The summed E-state index contributed by atoms with van der Waals surface area (Å²) in [7, 11) is 1.90. The Labute approximate surface area is 160 Å². The van der Waals surface area contributed by atoms with Crippen LogP contribution in [0.2, 0.25) is 0 Å². The number of hydrogen-bond acceptors (Lipinski definition) is 3. The Bertz CT molecular complexity index is 639. The van der Waals surface area contributed by atoms with Gasteiger partial charge in [-0.05, 0) is 61.1 Å². The number of thioether (sulfide) groups is 1. The molecule has 0 radical (unpaired) electrons. The molecule has 2 fully saturated rings. The Morgan fingerprint density at radius 2 is 1.77 bits per heavy atom. The third kappa shape index (κ3) is 4.53. The van der Waals surface area contributed by atoms with E-state index in [0.717, 1.165) is 56.8 Å². The minimum absolute atomic E-state index is 0.0161. The third-order valence-electron chi connectivity index (χ3n) is 5.80. The van der Waals surface area contributed by atoms with Gasteiger partial charge < -0.3 is 15.1 Å². The van der Waals surface area contributed by atoms with Crippen molar-refractivity contribution in [2.75, 3.05) is 37.8 Å². The van der Waals surface area contributed by atoms with Crippen molar-refractivity contribution in [1.29, 1.82) is 0 Å². The topological polar surface area (TPSA) is 52.7 Å². The van der Waals surface area contributed by atoms with Gasteiger partial charge in [0.1, 0.15) is 0 Å². The monoisotopic (exact) mass is 375 g/mol. The smallest absolute Gasteiger partial charge is 0.321 e. The summed E-state index contributed by atoms with van der Waals surface area (Å²) < 4.78 is 0. The fraction of sp³-hybridized carbons (Fsp3) is 0.600. The van der Waals surface area contributed by atoms with E-state index in [-0.39, 0.29) is 17.4 Å². The molecular formula is C20H29N3O2S. The van der Waals surface area contributed by atoms with Gasteiger partial charge in [-0.15, -0.1) is 11.8 Å². The van der Waals surface area contributed by atoms with Crippen LogP contribution >= 0.6 is 11.8 Å². The largest absolute Gasteiger partial charge is 0.346 e. The van der Waals surface area contributed by atoms with Crippen LogP contribution in [0.1, 0.15) is 39.0 Å². The second-order valence-corrected chi connectivity index (χ2v) is 8.78. The zero-order valence-electron chi connectivity index (χ0n) is 15.8. The fourth-order valence-corrected chi connectivity index (χ4v) is 4.57. The van der Waals surface area contributed by atoms with Crippen LogP contribution in [0.4, 0.5) is 10.5 Å². The van der Waals surface area contributed by atoms with E-state index in [1.165, 1.54) is 4.90 Å². The van der Waals surface area contributed by atoms with Crippen molar-refractivity contribution in [3.05, 3.63) is 24.3 Å². The number of nitrogens with zero attached hydrogens (tertiary/aromatic N) is 2. The van der Waals surface area contributed by atoms with Gasteiger partial charge in [0.15, 0.2) is 0 Å². The highest BCUT2D eigenvalue weighted by molar-refractivity contribution is 7.99. The Morgan fingerprint density at radius 3 is 2.42 bits per heavy atom. The van der Waals surface area contributed by atoms with Gasteiger partial charge in [-0.2, -0.15) is 0 Å². The normalized spacial score (nSPS) is 20.2. The van der Waals surface area contributed by atoms with Crippen LogP contribution in [-0.4, -0.2) is 54.2 Å². The lowest BCUT2D eigenvalue weighted by atomic mass is 9.73. The second-order valence-electron chi connectivity index (χ2n) is 7.44. The number of rotatable bonds is 3. The fourth-order valence-electron chi connectivity index (χ4n) is 3.91. The molecule has 1 N–H and O–H groups in total. The Balaban J connectivity index is 1.52. The van der Waals surface area contributed by atoms with Gasteiger partial charge in [-0.1, -0.05) is 6.92 Å². The number of hydrogen-bond donors (Lipinski definition) is 1. The van der Waals surface area contributed by atoms with Crippen LogP contribution in [0.5, 0.6) is 0 Å². The van der Waals surface area contributed by atoms with Gasteiger partial charge in [0, 0.05) is 43.7 Å². The van der Waals surface area contributed by atoms with Crippen LogP contribution in [-0.2, 0) is 4.79 Å². The van der Waals surface area contributed by atoms with E-state index in [1.54, 1.807) is 11.8 Å². The second kappa shape index (κ2) is 8.33. The summed E-state index contributed by atoms with van der Waals surface area (Å²) in [6.45, 7) is 4.51. The molecule has 0 aromatic heterocycles. The number of nitrogens with one attached hydrogen (secondary N) is 1. The molecule has 1 aromatic rings. The Morgan fingerprint density at radius 1 is 1.12 bits per heavy atom. The number of piperidine rings is 1. The van der Waals surface area contributed by atoms with Crippen molar-refractivity contribution in [3.63, 3.8) is 0 Å². The maximum atomic E-state index is 12.6. The molecule has 2 aliphatic heterocycles. The predicted molar refractivity (Wildman–Crippen MR) is 107 cm³/mol. The third-order valence-corrected chi connectivity index (χ3v) is 6.69. The molecule has 2 aliphatic rings. The Kier molecular flexibility index (Phi) is 6.12. The molecule has 1 aromatic carbocycles. The lowest BCUT2D eigenvalue weighted by molar-refractivity contribution is -0.129. The van der Waals surface area contributed by atoms with E-state index in [4.69, 9.17) is 0 Å². The minimum atomic E-state index is -0.0161. The molecule has 2 saturated heterocycles. The molecule has 3 rings (SSSR count). The van der Waals surface area contributed by atoms with Gasteiger partial charge in [-0.25, -0.2) is 4.79 Å². The first-order valence-electron chi connectivity index (χ1n) is 9.54. The van der Waals surface area contributed by atoms with Gasteiger partial charge in [0.05, 0.1) is 0 Å². The summed E-state index contributed by atoms with van der Waals surface area (Å²) in [6.07, 6.45) is 4.65. The highest BCUT2D eigenvalue weighted by atomic mass is 32.2. The molecule has 6 heteroatoms. The number of carbonyl (C=O) groups is 2.